The van der Waals surface area contributed by atoms with Gasteiger partial charge in [-0.15, -0.1) is 0 Å². The maximum Gasteiger partial charge on any atom is 0.223 e. The Balaban J connectivity index is 1.63. The lowest BCUT2D eigenvalue weighted by atomic mass is 9.89. The Bertz CT molecular complexity index is 880. The van der Waals surface area contributed by atoms with Crippen LogP contribution in [0.3, 0.4) is 0 Å². The fourth-order valence-electron chi connectivity index (χ4n) is 3.92. The van der Waals surface area contributed by atoms with E-state index >= 15 is 0 Å². The van der Waals surface area contributed by atoms with Crippen LogP contribution < -0.4 is 0 Å². The molecule has 2 aromatic carbocycles. The van der Waals surface area contributed by atoms with Crippen molar-refractivity contribution in [1.29, 1.82) is 0 Å². The quantitative estimate of drug-likeness (QED) is 0.679. The van der Waals surface area contributed by atoms with Gasteiger partial charge in [-0.1, -0.05) is 54.6 Å². The SMILES string of the molecule is O=C(CC(Cc1nccc2ccccc12)c1ccccc1)N1CCCC1. The summed E-state index contributed by atoms with van der Waals surface area (Å²) in [7, 11) is 0. The minimum Gasteiger partial charge on any atom is -0.343 e. The van der Waals surface area contributed by atoms with E-state index in [1.807, 2.05) is 23.2 Å². The average Bonchev–Trinajstić information content (AvgIpc) is 3.23. The lowest BCUT2D eigenvalue weighted by Gasteiger charge is -2.22. The standard InChI is InChI=1S/C23H24N2O/c26-23(25-14-6-7-15-25)17-20(18-8-2-1-3-9-18)16-22-21-11-5-4-10-19(21)12-13-24-22/h1-5,8-13,20H,6-7,14-17H2. The number of fused-ring (bicyclic) bond motifs is 1. The molecule has 1 fully saturated rings. The molecule has 0 radical (unpaired) electrons. The van der Waals surface area contributed by atoms with Gasteiger partial charge in [0.1, 0.15) is 0 Å². The zero-order chi connectivity index (χ0) is 17.8. The molecule has 2 heterocycles. The van der Waals surface area contributed by atoms with Gasteiger partial charge in [0.25, 0.3) is 0 Å². The van der Waals surface area contributed by atoms with Gasteiger partial charge < -0.3 is 4.90 Å². The summed E-state index contributed by atoms with van der Waals surface area (Å²) < 4.78 is 0. The molecule has 3 nitrogen and oxygen atoms in total. The maximum absolute atomic E-state index is 12.8. The van der Waals surface area contributed by atoms with Crippen LogP contribution in [-0.4, -0.2) is 28.9 Å². The monoisotopic (exact) mass is 344 g/mol. The molecule has 1 aliphatic heterocycles. The molecule has 1 saturated heterocycles. The van der Waals surface area contributed by atoms with Crippen molar-refractivity contribution in [3.63, 3.8) is 0 Å². The van der Waals surface area contributed by atoms with E-state index in [1.54, 1.807) is 0 Å². The number of rotatable bonds is 5. The molecule has 1 atom stereocenters. The lowest BCUT2D eigenvalue weighted by molar-refractivity contribution is -0.130. The molecule has 1 aliphatic rings. The molecule has 0 spiro atoms. The lowest BCUT2D eigenvalue weighted by Crippen LogP contribution is -2.29. The molecule has 4 rings (SSSR count). The number of benzene rings is 2. The summed E-state index contributed by atoms with van der Waals surface area (Å²) in [6.45, 7) is 1.82. The third kappa shape index (κ3) is 3.62. The molecule has 132 valence electrons. The second-order valence-electron chi connectivity index (χ2n) is 7.08. The Hall–Kier alpha value is -2.68. The van der Waals surface area contributed by atoms with Crippen molar-refractivity contribution in [2.24, 2.45) is 0 Å². The summed E-state index contributed by atoms with van der Waals surface area (Å²) in [5.74, 6) is 0.430. The van der Waals surface area contributed by atoms with E-state index in [1.165, 1.54) is 16.3 Å². The number of carbonyl (C=O) groups is 1. The first kappa shape index (κ1) is 16.8. The zero-order valence-electron chi connectivity index (χ0n) is 15.0. The molecule has 1 amide bonds. The fourth-order valence-corrected chi connectivity index (χ4v) is 3.92. The highest BCUT2D eigenvalue weighted by Gasteiger charge is 2.23. The Morgan fingerprint density at radius 3 is 2.50 bits per heavy atom. The van der Waals surface area contributed by atoms with Gasteiger partial charge in [0.15, 0.2) is 0 Å². The second kappa shape index (κ2) is 7.69. The first-order valence-electron chi connectivity index (χ1n) is 9.46. The minimum atomic E-state index is 0.155. The average molecular weight is 344 g/mol. The van der Waals surface area contributed by atoms with Gasteiger partial charge in [-0.3, -0.25) is 9.78 Å². The van der Waals surface area contributed by atoms with Crippen molar-refractivity contribution in [3.8, 4) is 0 Å². The molecular weight excluding hydrogens is 320 g/mol. The summed E-state index contributed by atoms with van der Waals surface area (Å²) in [6, 6.07) is 20.8. The number of nitrogens with zero attached hydrogens (tertiary/aromatic N) is 2. The molecule has 3 aromatic rings. The van der Waals surface area contributed by atoms with E-state index in [0.717, 1.165) is 38.0 Å². The van der Waals surface area contributed by atoms with Crippen LogP contribution in [0.1, 0.15) is 36.4 Å². The van der Waals surface area contributed by atoms with E-state index in [2.05, 4.69) is 53.5 Å². The van der Waals surface area contributed by atoms with E-state index in [4.69, 9.17) is 0 Å². The second-order valence-corrected chi connectivity index (χ2v) is 7.08. The number of amides is 1. The summed E-state index contributed by atoms with van der Waals surface area (Å²) >= 11 is 0. The van der Waals surface area contributed by atoms with Gasteiger partial charge in [0.2, 0.25) is 5.91 Å². The Morgan fingerprint density at radius 2 is 1.69 bits per heavy atom. The van der Waals surface area contributed by atoms with Crippen molar-refractivity contribution in [2.75, 3.05) is 13.1 Å². The van der Waals surface area contributed by atoms with E-state index in [-0.39, 0.29) is 11.8 Å². The fraction of sp³-hybridized carbons (Fsp3) is 0.304. The summed E-state index contributed by atoms with van der Waals surface area (Å²) in [5.41, 5.74) is 2.29. The summed E-state index contributed by atoms with van der Waals surface area (Å²) in [6.07, 6.45) is 5.47. The number of hydrogen-bond donors (Lipinski definition) is 0. The van der Waals surface area contributed by atoms with Crippen LogP contribution in [0.4, 0.5) is 0 Å². The molecular formula is C23H24N2O. The van der Waals surface area contributed by atoms with Gasteiger partial charge in [-0.25, -0.2) is 0 Å². The normalized spacial score (nSPS) is 15.3. The van der Waals surface area contributed by atoms with Gasteiger partial charge in [0, 0.05) is 36.8 Å². The van der Waals surface area contributed by atoms with Gasteiger partial charge in [-0.05, 0) is 42.2 Å². The molecule has 0 saturated carbocycles. The topological polar surface area (TPSA) is 33.2 Å². The number of carbonyl (C=O) groups excluding carboxylic acids is 1. The van der Waals surface area contributed by atoms with E-state index in [9.17, 15) is 4.79 Å². The molecule has 0 bridgehead atoms. The smallest absolute Gasteiger partial charge is 0.223 e. The molecule has 0 N–H and O–H groups in total. The van der Waals surface area contributed by atoms with Gasteiger partial charge >= 0.3 is 0 Å². The maximum atomic E-state index is 12.8. The van der Waals surface area contributed by atoms with Crippen LogP contribution in [0, 0.1) is 0 Å². The van der Waals surface area contributed by atoms with Crippen molar-refractivity contribution in [2.45, 2.75) is 31.6 Å². The Morgan fingerprint density at radius 1 is 0.962 bits per heavy atom. The predicted octanol–water partition coefficient (Wildman–Crippen LogP) is 4.57. The Labute approximate surface area is 154 Å². The molecule has 0 aliphatic carbocycles. The van der Waals surface area contributed by atoms with Crippen molar-refractivity contribution < 1.29 is 4.79 Å². The van der Waals surface area contributed by atoms with Crippen LogP contribution in [-0.2, 0) is 11.2 Å². The molecule has 1 unspecified atom stereocenters. The first-order chi connectivity index (χ1) is 12.8. The number of likely N-dealkylation sites (tertiary alicyclic amines) is 1. The van der Waals surface area contributed by atoms with E-state index < -0.39 is 0 Å². The number of hydrogen-bond acceptors (Lipinski definition) is 2. The van der Waals surface area contributed by atoms with Gasteiger partial charge in [0.05, 0.1) is 0 Å². The van der Waals surface area contributed by atoms with Crippen LogP contribution in [0.5, 0.6) is 0 Å². The van der Waals surface area contributed by atoms with Crippen molar-refractivity contribution in [1.82, 2.24) is 9.88 Å². The van der Waals surface area contributed by atoms with Crippen LogP contribution in [0.2, 0.25) is 0 Å². The van der Waals surface area contributed by atoms with E-state index in [0.29, 0.717) is 6.42 Å². The highest BCUT2D eigenvalue weighted by Crippen LogP contribution is 2.28. The number of aromatic nitrogens is 1. The largest absolute Gasteiger partial charge is 0.343 e. The molecule has 3 heteroatoms. The van der Waals surface area contributed by atoms with Crippen LogP contribution in [0.15, 0.2) is 66.9 Å². The van der Waals surface area contributed by atoms with Crippen molar-refractivity contribution >= 4 is 16.7 Å². The third-order valence-corrected chi connectivity index (χ3v) is 5.35. The minimum absolute atomic E-state index is 0.155. The predicted molar refractivity (Wildman–Crippen MR) is 105 cm³/mol. The number of pyridine rings is 1. The van der Waals surface area contributed by atoms with Crippen molar-refractivity contribution in [3.05, 3.63) is 78.1 Å². The molecule has 1 aromatic heterocycles. The first-order valence-corrected chi connectivity index (χ1v) is 9.46. The Kier molecular flexibility index (Phi) is 4.96. The van der Waals surface area contributed by atoms with Crippen LogP contribution in [0.25, 0.3) is 10.8 Å². The highest BCUT2D eigenvalue weighted by molar-refractivity contribution is 5.84. The zero-order valence-corrected chi connectivity index (χ0v) is 15.0. The summed E-state index contributed by atoms with van der Waals surface area (Å²) in [4.78, 5) is 19.5. The highest BCUT2D eigenvalue weighted by atomic mass is 16.2. The molecule has 26 heavy (non-hydrogen) atoms. The summed E-state index contributed by atoms with van der Waals surface area (Å²) in [5, 5.41) is 2.39. The van der Waals surface area contributed by atoms with Crippen LogP contribution >= 0.6 is 0 Å². The van der Waals surface area contributed by atoms with Gasteiger partial charge in [-0.2, -0.15) is 0 Å². The third-order valence-electron chi connectivity index (χ3n) is 5.35.